The Kier molecular flexibility index (Phi) is 5.63. The number of hydrogen-bond donors (Lipinski definition) is 1. The Morgan fingerprint density at radius 1 is 1.24 bits per heavy atom. The van der Waals surface area contributed by atoms with Gasteiger partial charge in [-0.3, -0.25) is 0 Å². The van der Waals surface area contributed by atoms with Crippen LogP contribution in [0.2, 0.25) is 0 Å². The molecule has 118 valence electrons. The fourth-order valence-electron chi connectivity index (χ4n) is 2.51. The largest absolute Gasteiger partial charge is 0.354 e. The first-order chi connectivity index (χ1) is 9.97. The SMILES string of the molecule is Cc1nc(N(CCC(C)C)C2CC2)ccc1CNC(C)C. The van der Waals surface area contributed by atoms with E-state index in [1.165, 1.54) is 30.6 Å². The van der Waals surface area contributed by atoms with Crippen LogP contribution < -0.4 is 10.2 Å². The molecule has 0 aliphatic heterocycles. The average molecular weight is 289 g/mol. The van der Waals surface area contributed by atoms with E-state index in [9.17, 15) is 0 Å². The van der Waals surface area contributed by atoms with E-state index in [0.29, 0.717) is 6.04 Å². The Labute approximate surface area is 130 Å². The zero-order chi connectivity index (χ0) is 15.4. The molecule has 1 N–H and O–H groups in total. The first-order valence-corrected chi connectivity index (χ1v) is 8.44. The Balaban J connectivity index is 2.05. The van der Waals surface area contributed by atoms with Gasteiger partial charge in [-0.05, 0) is 43.7 Å². The second-order valence-corrected chi connectivity index (χ2v) is 7.06. The number of pyridine rings is 1. The quantitative estimate of drug-likeness (QED) is 0.786. The van der Waals surface area contributed by atoms with Gasteiger partial charge in [-0.15, -0.1) is 0 Å². The van der Waals surface area contributed by atoms with Crippen molar-refractivity contribution in [3.63, 3.8) is 0 Å². The average Bonchev–Trinajstić information content (AvgIpc) is 3.22. The zero-order valence-corrected chi connectivity index (χ0v) is 14.3. The van der Waals surface area contributed by atoms with Crippen LogP contribution in [0, 0.1) is 12.8 Å². The number of anilines is 1. The summed E-state index contributed by atoms with van der Waals surface area (Å²) < 4.78 is 0. The predicted molar refractivity (Wildman–Crippen MR) is 90.8 cm³/mol. The summed E-state index contributed by atoms with van der Waals surface area (Å²) in [6, 6.07) is 5.70. The smallest absolute Gasteiger partial charge is 0.129 e. The third kappa shape index (κ3) is 4.99. The maximum absolute atomic E-state index is 4.88. The van der Waals surface area contributed by atoms with Crippen LogP contribution in [0.1, 0.15) is 58.2 Å². The van der Waals surface area contributed by atoms with Gasteiger partial charge in [-0.25, -0.2) is 4.98 Å². The molecule has 0 aromatic carbocycles. The van der Waals surface area contributed by atoms with E-state index in [0.717, 1.165) is 30.7 Å². The molecule has 1 saturated carbocycles. The van der Waals surface area contributed by atoms with Crippen molar-refractivity contribution in [1.29, 1.82) is 0 Å². The monoisotopic (exact) mass is 289 g/mol. The van der Waals surface area contributed by atoms with Gasteiger partial charge in [0.2, 0.25) is 0 Å². The third-order valence-corrected chi connectivity index (χ3v) is 4.11. The van der Waals surface area contributed by atoms with Crippen molar-refractivity contribution in [3.8, 4) is 0 Å². The lowest BCUT2D eigenvalue weighted by atomic mass is 10.1. The van der Waals surface area contributed by atoms with Gasteiger partial charge in [0.05, 0.1) is 0 Å². The first-order valence-electron chi connectivity index (χ1n) is 8.44. The highest BCUT2D eigenvalue weighted by atomic mass is 15.2. The van der Waals surface area contributed by atoms with Crippen LogP contribution in [0.25, 0.3) is 0 Å². The highest BCUT2D eigenvalue weighted by Gasteiger charge is 2.29. The molecule has 3 heteroatoms. The predicted octanol–water partition coefficient (Wildman–Crippen LogP) is 3.90. The summed E-state index contributed by atoms with van der Waals surface area (Å²) in [5.74, 6) is 1.92. The molecule has 1 aromatic heterocycles. The Morgan fingerprint density at radius 2 is 1.95 bits per heavy atom. The molecule has 0 radical (unpaired) electrons. The van der Waals surface area contributed by atoms with Crippen molar-refractivity contribution in [1.82, 2.24) is 10.3 Å². The molecule has 0 saturated heterocycles. The molecule has 3 nitrogen and oxygen atoms in total. The lowest BCUT2D eigenvalue weighted by molar-refractivity contribution is 0.567. The Morgan fingerprint density at radius 3 is 2.48 bits per heavy atom. The van der Waals surface area contributed by atoms with Crippen molar-refractivity contribution in [2.24, 2.45) is 5.92 Å². The number of rotatable bonds is 8. The van der Waals surface area contributed by atoms with Crippen LogP contribution in [0.4, 0.5) is 5.82 Å². The molecule has 1 heterocycles. The summed E-state index contributed by atoms with van der Waals surface area (Å²) in [6.45, 7) is 13.1. The molecular weight excluding hydrogens is 258 g/mol. The maximum atomic E-state index is 4.88. The highest BCUT2D eigenvalue weighted by Crippen LogP contribution is 2.31. The summed E-state index contributed by atoms with van der Waals surface area (Å²) in [5.41, 5.74) is 2.47. The molecule has 0 unspecified atom stereocenters. The Bertz CT molecular complexity index is 450. The molecule has 1 aliphatic rings. The van der Waals surface area contributed by atoms with Crippen molar-refractivity contribution in [3.05, 3.63) is 23.4 Å². The van der Waals surface area contributed by atoms with E-state index < -0.39 is 0 Å². The van der Waals surface area contributed by atoms with Crippen LogP contribution in [0.5, 0.6) is 0 Å². The van der Waals surface area contributed by atoms with Crippen molar-refractivity contribution in [2.45, 2.75) is 72.5 Å². The molecule has 0 spiro atoms. The summed E-state index contributed by atoms with van der Waals surface area (Å²) in [4.78, 5) is 7.40. The molecule has 1 fully saturated rings. The second kappa shape index (κ2) is 7.26. The van der Waals surface area contributed by atoms with Crippen LogP contribution in [-0.2, 0) is 6.54 Å². The number of hydrogen-bond acceptors (Lipinski definition) is 3. The van der Waals surface area contributed by atoms with E-state index in [-0.39, 0.29) is 0 Å². The molecule has 1 aliphatic carbocycles. The van der Waals surface area contributed by atoms with Crippen LogP contribution >= 0.6 is 0 Å². The summed E-state index contributed by atoms with van der Waals surface area (Å²) in [5, 5.41) is 3.47. The zero-order valence-electron chi connectivity index (χ0n) is 14.3. The normalized spacial score (nSPS) is 15.0. The highest BCUT2D eigenvalue weighted by molar-refractivity contribution is 5.44. The van der Waals surface area contributed by atoms with E-state index in [2.05, 4.69) is 57.0 Å². The van der Waals surface area contributed by atoms with Gasteiger partial charge in [0, 0.05) is 30.9 Å². The van der Waals surface area contributed by atoms with Crippen LogP contribution in [-0.4, -0.2) is 23.6 Å². The van der Waals surface area contributed by atoms with E-state index in [1.54, 1.807) is 0 Å². The fourth-order valence-corrected chi connectivity index (χ4v) is 2.51. The van der Waals surface area contributed by atoms with Gasteiger partial charge in [0.15, 0.2) is 0 Å². The van der Waals surface area contributed by atoms with Crippen molar-refractivity contribution in [2.75, 3.05) is 11.4 Å². The third-order valence-electron chi connectivity index (χ3n) is 4.11. The standard InChI is InChI=1S/C18H31N3/c1-13(2)10-11-21(17-7-8-17)18-9-6-16(15(5)20-18)12-19-14(3)4/h6,9,13-14,17,19H,7-8,10-12H2,1-5H3. The van der Waals surface area contributed by atoms with Gasteiger partial charge in [0.1, 0.15) is 5.82 Å². The minimum absolute atomic E-state index is 0.512. The molecule has 0 atom stereocenters. The molecule has 2 rings (SSSR count). The first kappa shape index (κ1) is 16.3. The summed E-state index contributed by atoms with van der Waals surface area (Å²) >= 11 is 0. The molecule has 21 heavy (non-hydrogen) atoms. The summed E-state index contributed by atoms with van der Waals surface area (Å²) in [7, 11) is 0. The van der Waals surface area contributed by atoms with Crippen molar-refractivity contribution < 1.29 is 0 Å². The molecular formula is C18H31N3. The van der Waals surface area contributed by atoms with E-state index in [1.807, 2.05) is 0 Å². The summed E-state index contributed by atoms with van der Waals surface area (Å²) in [6.07, 6.45) is 3.90. The molecule has 0 bridgehead atoms. The van der Waals surface area contributed by atoms with Crippen LogP contribution in [0.3, 0.4) is 0 Å². The van der Waals surface area contributed by atoms with Gasteiger partial charge in [0.25, 0.3) is 0 Å². The number of aromatic nitrogens is 1. The number of nitrogens with zero attached hydrogens (tertiary/aromatic N) is 2. The van der Waals surface area contributed by atoms with Gasteiger partial charge in [-0.2, -0.15) is 0 Å². The van der Waals surface area contributed by atoms with E-state index in [4.69, 9.17) is 4.98 Å². The fraction of sp³-hybridized carbons (Fsp3) is 0.722. The Hall–Kier alpha value is -1.09. The van der Waals surface area contributed by atoms with E-state index >= 15 is 0 Å². The van der Waals surface area contributed by atoms with Crippen molar-refractivity contribution >= 4 is 5.82 Å². The van der Waals surface area contributed by atoms with Gasteiger partial charge >= 0.3 is 0 Å². The minimum Gasteiger partial charge on any atom is -0.354 e. The lowest BCUT2D eigenvalue weighted by Crippen LogP contribution is -2.29. The van der Waals surface area contributed by atoms with Crippen LogP contribution in [0.15, 0.2) is 12.1 Å². The molecule has 0 amide bonds. The number of aryl methyl sites for hydroxylation is 1. The topological polar surface area (TPSA) is 28.2 Å². The molecule has 1 aromatic rings. The number of nitrogens with one attached hydrogen (secondary N) is 1. The maximum Gasteiger partial charge on any atom is 0.129 e. The minimum atomic E-state index is 0.512. The second-order valence-electron chi connectivity index (χ2n) is 7.06. The lowest BCUT2D eigenvalue weighted by Gasteiger charge is -2.25. The van der Waals surface area contributed by atoms with Gasteiger partial charge < -0.3 is 10.2 Å². The van der Waals surface area contributed by atoms with Gasteiger partial charge in [-0.1, -0.05) is 33.8 Å².